The summed E-state index contributed by atoms with van der Waals surface area (Å²) in [6.07, 6.45) is 4.97. The topological polar surface area (TPSA) is 62.1 Å². The molecule has 1 fully saturated rings. The number of pyridine rings is 1. The molecule has 1 atom stereocenters. The van der Waals surface area contributed by atoms with Crippen molar-refractivity contribution < 1.29 is 9.53 Å². The molecule has 3 rings (SSSR count). The van der Waals surface area contributed by atoms with Gasteiger partial charge in [-0.05, 0) is 25.5 Å². The van der Waals surface area contributed by atoms with Gasteiger partial charge in [0.15, 0.2) is 0 Å². The molecule has 7 heteroatoms. The number of imidazole rings is 1. The molecule has 142 valence electrons. The number of hydrogen-bond donors (Lipinski definition) is 1. The summed E-state index contributed by atoms with van der Waals surface area (Å²) >= 11 is 0. The lowest BCUT2D eigenvalue weighted by Gasteiger charge is -2.37. The number of amides is 1. The molecule has 1 amide bonds. The molecule has 1 saturated heterocycles. The minimum atomic E-state index is -0.0881. The van der Waals surface area contributed by atoms with E-state index in [-0.39, 0.29) is 11.9 Å². The monoisotopic (exact) mass is 359 g/mol. The molecule has 0 aliphatic carbocycles. The largest absolute Gasteiger partial charge is 0.385 e. The van der Waals surface area contributed by atoms with Gasteiger partial charge in [0.25, 0.3) is 0 Å². The van der Waals surface area contributed by atoms with Gasteiger partial charge in [-0.15, -0.1) is 0 Å². The number of carbonyl (C=O) groups is 1. The summed E-state index contributed by atoms with van der Waals surface area (Å²) in [4.78, 5) is 21.6. The van der Waals surface area contributed by atoms with E-state index in [1.54, 1.807) is 7.11 Å². The molecular formula is C19H29N5O2. The van der Waals surface area contributed by atoms with Gasteiger partial charge in [-0.2, -0.15) is 0 Å². The molecule has 0 radical (unpaired) electrons. The molecule has 2 aromatic heterocycles. The van der Waals surface area contributed by atoms with Gasteiger partial charge in [0.2, 0.25) is 5.91 Å². The summed E-state index contributed by atoms with van der Waals surface area (Å²) in [5, 5.41) is 2.99. The minimum absolute atomic E-state index is 0.0881. The lowest BCUT2D eigenvalue weighted by atomic mass is 10.2. The Labute approximate surface area is 154 Å². The zero-order valence-corrected chi connectivity index (χ0v) is 15.7. The number of ether oxygens (including phenoxy) is 1. The number of hydrogen-bond acceptors (Lipinski definition) is 5. The van der Waals surface area contributed by atoms with Crippen LogP contribution in [-0.4, -0.2) is 77.6 Å². The highest BCUT2D eigenvalue weighted by molar-refractivity contribution is 5.81. The first-order chi connectivity index (χ1) is 12.7. The van der Waals surface area contributed by atoms with E-state index in [1.165, 1.54) is 0 Å². The van der Waals surface area contributed by atoms with E-state index < -0.39 is 0 Å². The predicted molar refractivity (Wildman–Crippen MR) is 101 cm³/mol. The molecule has 1 aliphatic rings. The molecule has 0 bridgehead atoms. The van der Waals surface area contributed by atoms with Gasteiger partial charge in [-0.3, -0.25) is 14.6 Å². The average Bonchev–Trinajstić information content (AvgIpc) is 3.07. The zero-order chi connectivity index (χ0) is 18.4. The van der Waals surface area contributed by atoms with E-state index in [4.69, 9.17) is 4.74 Å². The minimum Gasteiger partial charge on any atom is -0.385 e. The van der Waals surface area contributed by atoms with Gasteiger partial charge < -0.3 is 14.5 Å². The highest BCUT2D eigenvalue weighted by atomic mass is 16.5. The average molecular weight is 359 g/mol. The first-order valence-corrected chi connectivity index (χ1v) is 9.33. The standard InChI is InChI=1S/C19H29N5O2/c1-16(19(25)20-7-5-13-26-2)23-11-9-22(10-12-23)14-17-15-24-8-4-3-6-18(24)21-17/h3-4,6,8,15-16H,5,7,9-14H2,1-2H3,(H,20,25). The molecule has 0 aromatic carbocycles. The molecule has 0 spiro atoms. The fourth-order valence-electron chi connectivity index (χ4n) is 3.34. The summed E-state index contributed by atoms with van der Waals surface area (Å²) in [5.74, 6) is 0.106. The molecule has 7 nitrogen and oxygen atoms in total. The maximum atomic E-state index is 12.3. The van der Waals surface area contributed by atoms with Crippen molar-refractivity contribution in [3.05, 3.63) is 36.3 Å². The van der Waals surface area contributed by atoms with Gasteiger partial charge in [0, 0.05) is 65.4 Å². The Morgan fingerprint density at radius 2 is 2.12 bits per heavy atom. The quantitative estimate of drug-likeness (QED) is 0.713. The van der Waals surface area contributed by atoms with E-state index in [0.29, 0.717) is 13.2 Å². The lowest BCUT2D eigenvalue weighted by molar-refractivity contribution is -0.126. The van der Waals surface area contributed by atoms with Crippen LogP contribution in [0.1, 0.15) is 19.0 Å². The van der Waals surface area contributed by atoms with Gasteiger partial charge in [0.1, 0.15) is 5.65 Å². The third kappa shape index (κ3) is 4.81. The fourth-order valence-corrected chi connectivity index (χ4v) is 3.34. The van der Waals surface area contributed by atoms with Crippen LogP contribution in [0.3, 0.4) is 0 Å². The molecular weight excluding hydrogens is 330 g/mol. The van der Waals surface area contributed by atoms with Crippen LogP contribution in [0.25, 0.3) is 5.65 Å². The van der Waals surface area contributed by atoms with Gasteiger partial charge in [-0.25, -0.2) is 4.98 Å². The maximum absolute atomic E-state index is 12.3. The Hall–Kier alpha value is -1.96. The number of aromatic nitrogens is 2. The number of piperazine rings is 1. The smallest absolute Gasteiger partial charge is 0.237 e. The highest BCUT2D eigenvalue weighted by Crippen LogP contribution is 2.11. The van der Waals surface area contributed by atoms with Crippen LogP contribution < -0.4 is 5.32 Å². The Kier molecular flexibility index (Phi) is 6.60. The van der Waals surface area contributed by atoms with Crippen LogP contribution in [0.5, 0.6) is 0 Å². The Morgan fingerprint density at radius 1 is 1.31 bits per heavy atom. The lowest BCUT2D eigenvalue weighted by Crippen LogP contribution is -2.53. The summed E-state index contributed by atoms with van der Waals surface area (Å²) in [5.41, 5.74) is 2.08. The highest BCUT2D eigenvalue weighted by Gasteiger charge is 2.25. The summed E-state index contributed by atoms with van der Waals surface area (Å²) in [6.45, 7) is 7.90. The molecule has 1 aliphatic heterocycles. The Morgan fingerprint density at radius 3 is 2.85 bits per heavy atom. The number of nitrogens with zero attached hydrogens (tertiary/aromatic N) is 4. The van der Waals surface area contributed by atoms with Crippen molar-refractivity contribution in [1.29, 1.82) is 0 Å². The second kappa shape index (κ2) is 9.12. The first-order valence-electron chi connectivity index (χ1n) is 9.33. The number of rotatable bonds is 8. The van der Waals surface area contributed by atoms with Gasteiger partial charge in [0.05, 0.1) is 11.7 Å². The molecule has 1 N–H and O–H groups in total. The fraction of sp³-hybridized carbons (Fsp3) is 0.579. The van der Waals surface area contributed by atoms with Crippen LogP contribution in [0, 0.1) is 0 Å². The zero-order valence-electron chi connectivity index (χ0n) is 15.7. The van der Waals surface area contributed by atoms with Gasteiger partial charge in [-0.1, -0.05) is 6.07 Å². The van der Waals surface area contributed by atoms with E-state index in [1.807, 2.05) is 31.3 Å². The van der Waals surface area contributed by atoms with Crippen LogP contribution >= 0.6 is 0 Å². The van der Waals surface area contributed by atoms with E-state index >= 15 is 0 Å². The van der Waals surface area contributed by atoms with Crippen LogP contribution in [0.4, 0.5) is 0 Å². The summed E-state index contributed by atoms with van der Waals surface area (Å²) < 4.78 is 7.06. The Bertz CT molecular complexity index is 676. The van der Waals surface area contributed by atoms with E-state index in [2.05, 4.69) is 30.7 Å². The van der Waals surface area contributed by atoms with Crippen molar-refractivity contribution in [3.63, 3.8) is 0 Å². The number of nitrogens with one attached hydrogen (secondary N) is 1. The SMILES string of the molecule is COCCCNC(=O)C(C)N1CCN(Cc2cn3ccccc3n2)CC1. The van der Waals surface area contributed by atoms with Crippen molar-refractivity contribution in [2.75, 3.05) is 46.4 Å². The van der Waals surface area contributed by atoms with Crippen LogP contribution in [0.2, 0.25) is 0 Å². The summed E-state index contributed by atoms with van der Waals surface area (Å²) in [6, 6.07) is 5.95. The van der Waals surface area contributed by atoms with Crippen molar-refractivity contribution in [2.24, 2.45) is 0 Å². The van der Waals surface area contributed by atoms with Crippen molar-refractivity contribution in [2.45, 2.75) is 25.9 Å². The molecule has 1 unspecified atom stereocenters. The van der Waals surface area contributed by atoms with Crippen molar-refractivity contribution in [1.82, 2.24) is 24.5 Å². The second-order valence-electron chi connectivity index (χ2n) is 6.82. The van der Waals surface area contributed by atoms with E-state index in [0.717, 1.165) is 50.5 Å². The normalized spacial score (nSPS) is 17.5. The van der Waals surface area contributed by atoms with E-state index in [9.17, 15) is 4.79 Å². The third-order valence-electron chi connectivity index (χ3n) is 4.96. The van der Waals surface area contributed by atoms with Crippen LogP contribution in [0.15, 0.2) is 30.6 Å². The number of fused-ring (bicyclic) bond motifs is 1. The first kappa shape index (κ1) is 18.8. The third-order valence-corrected chi connectivity index (χ3v) is 4.96. The molecule has 3 heterocycles. The van der Waals surface area contributed by atoms with Crippen LogP contribution in [-0.2, 0) is 16.1 Å². The summed E-state index contributed by atoms with van der Waals surface area (Å²) in [7, 11) is 1.68. The molecule has 2 aromatic rings. The number of methoxy groups -OCH3 is 1. The van der Waals surface area contributed by atoms with Crippen molar-refractivity contribution in [3.8, 4) is 0 Å². The second-order valence-corrected chi connectivity index (χ2v) is 6.82. The Balaban J connectivity index is 1.44. The maximum Gasteiger partial charge on any atom is 0.237 e. The molecule has 0 saturated carbocycles. The number of carbonyl (C=O) groups excluding carboxylic acids is 1. The molecule has 26 heavy (non-hydrogen) atoms. The predicted octanol–water partition coefficient (Wildman–Crippen LogP) is 0.993. The van der Waals surface area contributed by atoms with Crippen molar-refractivity contribution >= 4 is 11.6 Å². The van der Waals surface area contributed by atoms with Gasteiger partial charge >= 0.3 is 0 Å².